The summed E-state index contributed by atoms with van der Waals surface area (Å²) in [6.07, 6.45) is 3.32. The molecule has 0 radical (unpaired) electrons. The van der Waals surface area contributed by atoms with Crippen molar-refractivity contribution in [3.8, 4) is 0 Å². The van der Waals surface area contributed by atoms with Crippen molar-refractivity contribution in [3.63, 3.8) is 0 Å². The van der Waals surface area contributed by atoms with E-state index in [2.05, 4.69) is 9.97 Å². The lowest BCUT2D eigenvalue weighted by molar-refractivity contribution is 0.0523. The van der Waals surface area contributed by atoms with Crippen LogP contribution in [-0.4, -0.2) is 28.8 Å². The van der Waals surface area contributed by atoms with Crippen LogP contribution in [0, 0.1) is 0 Å². The maximum Gasteiger partial charge on any atom is 0.341 e. The Labute approximate surface area is 92.4 Å². The highest BCUT2D eigenvalue weighted by atomic mass is 32.2. The Bertz CT molecular complexity index is 357. The summed E-state index contributed by atoms with van der Waals surface area (Å²) in [5.74, 6) is -0.425. The Balaban J connectivity index is 3.02. The fourth-order valence-electron chi connectivity index (χ4n) is 1.03. The standard InChI is InChI=1S/C9H13N3O2S/c1-3-14-8(13)6-5-11-9(15-2)12-7(6)4-10/h5H,3-4,10H2,1-2H3. The normalized spacial score (nSPS) is 10.1. The lowest BCUT2D eigenvalue weighted by atomic mass is 10.2. The molecule has 0 spiro atoms. The summed E-state index contributed by atoms with van der Waals surface area (Å²) in [6, 6.07) is 0. The molecule has 1 rings (SSSR count). The van der Waals surface area contributed by atoms with E-state index < -0.39 is 5.97 Å². The SMILES string of the molecule is CCOC(=O)c1cnc(SC)nc1CN. The molecule has 0 unspecified atom stereocenters. The average Bonchev–Trinajstić information content (AvgIpc) is 2.28. The summed E-state index contributed by atoms with van der Waals surface area (Å²) >= 11 is 1.40. The number of nitrogens with zero attached hydrogens (tertiary/aromatic N) is 2. The van der Waals surface area contributed by atoms with Crippen LogP contribution in [0.15, 0.2) is 11.4 Å². The first-order valence-corrected chi connectivity index (χ1v) is 5.72. The monoisotopic (exact) mass is 227 g/mol. The molecule has 0 amide bonds. The highest BCUT2D eigenvalue weighted by molar-refractivity contribution is 7.98. The number of ether oxygens (including phenoxy) is 1. The van der Waals surface area contributed by atoms with Crippen molar-refractivity contribution in [1.29, 1.82) is 0 Å². The van der Waals surface area contributed by atoms with Gasteiger partial charge in [-0.1, -0.05) is 11.8 Å². The van der Waals surface area contributed by atoms with Crippen LogP contribution >= 0.6 is 11.8 Å². The van der Waals surface area contributed by atoms with Gasteiger partial charge in [0.05, 0.1) is 12.3 Å². The van der Waals surface area contributed by atoms with Gasteiger partial charge in [0.1, 0.15) is 5.56 Å². The van der Waals surface area contributed by atoms with Crippen LogP contribution in [0.5, 0.6) is 0 Å². The zero-order valence-electron chi connectivity index (χ0n) is 8.69. The van der Waals surface area contributed by atoms with Crippen LogP contribution in [-0.2, 0) is 11.3 Å². The zero-order chi connectivity index (χ0) is 11.3. The maximum atomic E-state index is 11.5. The number of aromatic nitrogens is 2. The van der Waals surface area contributed by atoms with Gasteiger partial charge >= 0.3 is 5.97 Å². The van der Waals surface area contributed by atoms with Gasteiger partial charge in [0.15, 0.2) is 5.16 Å². The fourth-order valence-corrected chi connectivity index (χ4v) is 1.39. The lowest BCUT2D eigenvalue weighted by Gasteiger charge is -2.06. The molecule has 6 heteroatoms. The topological polar surface area (TPSA) is 78.1 Å². The third kappa shape index (κ3) is 2.90. The van der Waals surface area contributed by atoms with E-state index in [0.29, 0.717) is 23.0 Å². The predicted molar refractivity (Wildman–Crippen MR) is 57.7 cm³/mol. The first-order chi connectivity index (χ1) is 7.22. The van der Waals surface area contributed by atoms with Crippen molar-refractivity contribution in [2.75, 3.05) is 12.9 Å². The first kappa shape index (κ1) is 11.9. The van der Waals surface area contributed by atoms with Crippen molar-refractivity contribution in [2.24, 2.45) is 5.73 Å². The van der Waals surface area contributed by atoms with E-state index in [1.54, 1.807) is 6.92 Å². The van der Waals surface area contributed by atoms with E-state index in [1.165, 1.54) is 18.0 Å². The van der Waals surface area contributed by atoms with E-state index in [-0.39, 0.29) is 6.54 Å². The van der Waals surface area contributed by atoms with Gasteiger partial charge < -0.3 is 10.5 Å². The number of carbonyl (C=O) groups is 1. The van der Waals surface area contributed by atoms with Crippen molar-refractivity contribution in [1.82, 2.24) is 9.97 Å². The Morgan fingerprint density at radius 1 is 1.67 bits per heavy atom. The molecule has 0 aliphatic carbocycles. The minimum Gasteiger partial charge on any atom is -0.462 e. The van der Waals surface area contributed by atoms with Crippen LogP contribution in [0.2, 0.25) is 0 Å². The van der Waals surface area contributed by atoms with Crippen molar-refractivity contribution in [2.45, 2.75) is 18.6 Å². The van der Waals surface area contributed by atoms with Crippen molar-refractivity contribution in [3.05, 3.63) is 17.5 Å². The molecule has 0 saturated carbocycles. The minimum atomic E-state index is -0.425. The molecule has 2 N–H and O–H groups in total. The lowest BCUT2D eigenvalue weighted by Crippen LogP contribution is -2.13. The van der Waals surface area contributed by atoms with Gasteiger partial charge in [-0.2, -0.15) is 0 Å². The van der Waals surface area contributed by atoms with Crippen LogP contribution in [0.25, 0.3) is 0 Å². The smallest absolute Gasteiger partial charge is 0.341 e. The van der Waals surface area contributed by atoms with Gasteiger partial charge in [-0.15, -0.1) is 0 Å². The summed E-state index contributed by atoms with van der Waals surface area (Å²) in [5, 5.41) is 0.600. The fraction of sp³-hybridized carbons (Fsp3) is 0.444. The molecule has 0 aromatic carbocycles. The number of hydrogen-bond acceptors (Lipinski definition) is 6. The van der Waals surface area contributed by atoms with Gasteiger partial charge in [-0.3, -0.25) is 0 Å². The third-order valence-corrected chi connectivity index (χ3v) is 2.28. The van der Waals surface area contributed by atoms with E-state index in [4.69, 9.17) is 10.5 Å². The van der Waals surface area contributed by atoms with Gasteiger partial charge in [-0.05, 0) is 13.2 Å². The second kappa shape index (κ2) is 5.67. The van der Waals surface area contributed by atoms with Crippen molar-refractivity contribution < 1.29 is 9.53 Å². The average molecular weight is 227 g/mol. The molecule has 0 bridgehead atoms. The second-order valence-electron chi connectivity index (χ2n) is 2.64. The highest BCUT2D eigenvalue weighted by Gasteiger charge is 2.14. The molecule has 82 valence electrons. The van der Waals surface area contributed by atoms with Crippen LogP contribution in [0.4, 0.5) is 0 Å². The minimum absolute atomic E-state index is 0.199. The van der Waals surface area contributed by atoms with Crippen molar-refractivity contribution >= 4 is 17.7 Å². The third-order valence-electron chi connectivity index (χ3n) is 1.72. The predicted octanol–water partition coefficient (Wildman–Crippen LogP) is 0.834. The van der Waals surface area contributed by atoms with E-state index in [9.17, 15) is 4.79 Å². The quantitative estimate of drug-likeness (QED) is 0.466. The summed E-state index contributed by atoms with van der Waals surface area (Å²) in [7, 11) is 0. The Kier molecular flexibility index (Phi) is 4.51. The van der Waals surface area contributed by atoms with E-state index in [1.807, 2.05) is 6.26 Å². The molecular weight excluding hydrogens is 214 g/mol. The van der Waals surface area contributed by atoms with Gasteiger partial charge in [-0.25, -0.2) is 14.8 Å². The van der Waals surface area contributed by atoms with Crippen LogP contribution < -0.4 is 5.73 Å². The highest BCUT2D eigenvalue weighted by Crippen LogP contribution is 2.12. The molecule has 0 saturated heterocycles. The zero-order valence-corrected chi connectivity index (χ0v) is 9.50. The molecule has 0 fully saturated rings. The Morgan fingerprint density at radius 2 is 2.40 bits per heavy atom. The molecule has 1 aromatic heterocycles. The second-order valence-corrected chi connectivity index (χ2v) is 3.42. The van der Waals surface area contributed by atoms with Crippen LogP contribution in [0.3, 0.4) is 0 Å². The van der Waals surface area contributed by atoms with E-state index in [0.717, 1.165) is 0 Å². The van der Waals surface area contributed by atoms with Crippen LogP contribution in [0.1, 0.15) is 23.0 Å². The Hall–Kier alpha value is -1.14. The number of carbonyl (C=O) groups excluding carboxylic acids is 1. The number of nitrogens with two attached hydrogens (primary N) is 1. The summed E-state index contributed by atoms with van der Waals surface area (Å²) < 4.78 is 4.86. The largest absolute Gasteiger partial charge is 0.462 e. The molecule has 1 heterocycles. The maximum absolute atomic E-state index is 11.5. The number of esters is 1. The van der Waals surface area contributed by atoms with Gasteiger partial charge in [0.2, 0.25) is 0 Å². The molecule has 0 atom stereocenters. The summed E-state index contributed by atoms with van der Waals surface area (Å²) in [4.78, 5) is 19.6. The molecule has 0 aliphatic heterocycles. The Morgan fingerprint density at radius 3 is 2.93 bits per heavy atom. The number of rotatable bonds is 4. The summed E-state index contributed by atoms with van der Waals surface area (Å²) in [5.41, 5.74) is 6.37. The number of thioether (sulfide) groups is 1. The van der Waals surface area contributed by atoms with E-state index >= 15 is 0 Å². The molecular formula is C9H13N3O2S. The van der Waals surface area contributed by atoms with Gasteiger partial charge in [0, 0.05) is 12.7 Å². The molecule has 1 aromatic rings. The first-order valence-electron chi connectivity index (χ1n) is 4.50. The molecule has 5 nitrogen and oxygen atoms in total. The molecule has 15 heavy (non-hydrogen) atoms. The van der Waals surface area contributed by atoms with Gasteiger partial charge in [0.25, 0.3) is 0 Å². The molecule has 0 aliphatic rings. The number of hydrogen-bond donors (Lipinski definition) is 1. The summed E-state index contributed by atoms with van der Waals surface area (Å²) in [6.45, 7) is 2.27.